The predicted octanol–water partition coefficient (Wildman–Crippen LogP) is 4.74. The molecule has 0 radical (unpaired) electrons. The lowest BCUT2D eigenvalue weighted by molar-refractivity contribution is 0.618. The fourth-order valence-electron chi connectivity index (χ4n) is 2.25. The molecule has 0 amide bonds. The predicted molar refractivity (Wildman–Crippen MR) is 83.7 cm³/mol. The van der Waals surface area contributed by atoms with E-state index in [2.05, 4.69) is 36.5 Å². The summed E-state index contributed by atoms with van der Waals surface area (Å²) in [7, 11) is 0. The normalized spacial score (nSPS) is 11.8. The molecule has 0 spiro atoms. The van der Waals surface area contributed by atoms with Gasteiger partial charge in [0.15, 0.2) is 0 Å². The number of aryl methyl sites for hydroxylation is 1. The summed E-state index contributed by atoms with van der Waals surface area (Å²) in [4.78, 5) is 0. The van der Waals surface area contributed by atoms with Gasteiger partial charge in [0, 0.05) is 17.3 Å². The molecule has 1 atom stereocenters. The Bertz CT molecular complexity index is 669. The molecule has 0 aliphatic heterocycles. The zero-order valence-corrected chi connectivity index (χ0v) is 12.6. The largest absolute Gasteiger partial charge is 0.378 e. The lowest BCUT2D eigenvalue weighted by atomic mass is 10.0. The first kappa shape index (κ1) is 15.1. The topological polar surface area (TPSA) is 35.8 Å². The van der Waals surface area contributed by atoms with E-state index >= 15 is 0 Å². The van der Waals surface area contributed by atoms with Crippen molar-refractivity contribution < 1.29 is 4.39 Å². The second-order valence-electron chi connectivity index (χ2n) is 5.20. The van der Waals surface area contributed by atoms with E-state index in [0.29, 0.717) is 16.8 Å². The SMILES string of the molecule is CCc1ccc(C(C)Nc2cc(C#N)cc(F)c2C)cc1. The fourth-order valence-corrected chi connectivity index (χ4v) is 2.25. The molecule has 2 aromatic carbocycles. The van der Waals surface area contributed by atoms with Crippen molar-refractivity contribution in [3.05, 3.63) is 64.5 Å². The maximum atomic E-state index is 13.8. The van der Waals surface area contributed by atoms with Gasteiger partial charge in [0.25, 0.3) is 0 Å². The number of hydrogen-bond donors (Lipinski definition) is 1. The molecule has 0 saturated heterocycles. The van der Waals surface area contributed by atoms with Gasteiger partial charge in [-0.3, -0.25) is 0 Å². The molecule has 1 N–H and O–H groups in total. The summed E-state index contributed by atoms with van der Waals surface area (Å²) < 4.78 is 13.8. The molecule has 3 heteroatoms. The van der Waals surface area contributed by atoms with Gasteiger partial charge in [-0.1, -0.05) is 31.2 Å². The van der Waals surface area contributed by atoms with Crippen molar-refractivity contribution in [1.29, 1.82) is 5.26 Å². The molecule has 0 heterocycles. The number of hydrogen-bond acceptors (Lipinski definition) is 2. The molecule has 108 valence electrons. The molecular weight excluding hydrogens is 263 g/mol. The number of nitriles is 1. The first-order valence-electron chi connectivity index (χ1n) is 7.10. The van der Waals surface area contributed by atoms with Crippen LogP contribution in [0.25, 0.3) is 0 Å². The van der Waals surface area contributed by atoms with Gasteiger partial charge in [0.05, 0.1) is 11.6 Å². The molecular formula is C18H19FN2. The Labute approximate surface area is 125 Å². The van der Waals surface area contributed by atoms with Crippen LogP contribution in [0.1, 0.15) is 42.1 Å². The third kappa shape index (κ3) is 3.41. The summed E-state index contributed by atoms with van der Waals surface area (Å²) >= 11 is 0. The molecule has 0 bridgehead atoms. The average molecular weight is 282 g/mol. The van der Waals surface area contributed by atoms with Crippen molar-refractivity contribution in [2.24, 2.45) is 0 Å². The molecule has 0 aliphatic carbocycles. The highest BCUT2D eigenvalue weighted by Crippen LogP contribution is 2.25. The van der Waals surface area contributed by atoms with Crippen molar-refractivity contribution in [1.82, 2.24) is 0 Å². The Morgan fingerprint density at radius 2 is 1.90 bits per heavy atom. The van der Waals surface area contributed by atoms with Crippen LogP contribution >= 0.6 is 0 Å². The molecule has 0 aliphatic rings. The Balaban J connectivity index is 2.24. The van der Waals surface area contributed by atoms with Crippen LogP contribution in [0.5, 0.6) is 0 Å². The molecule has 2 rings (SSSR count). The monoisotopic (exact) mass is 282 g/mol. The van der Waals surface area contributed by atoms with Gasteiger partial charge in [-0.15, -0.1) is 0 Å². The van der Waals surface area contributed by atoms with Crippen LogP contribution in [-0.2, 0) is 6.42 Å². The van der Waals surface area contributed by atoms with Crippen LogP contribution in [0, 0.1) is 24.1 Å². The van der Waals surface area contributed by atoms with Crippen molar-refractivity contribution in [3.63, 3.8) is 0 Å². The Kier molecular flexibility index (Phi) is 4.59. The van der Waals surface area contributed by atoms with Gasteiger partial charge in [-0.25, -0.2) is 4.39 Å². The van der Waals surface area contributed by atoms with E-state index in [0.717, 1.165) is 12.0 Å². The lowest BCUT2D eigenvalue weighted by Gasteiger charge is -2.18. The van der Waals surface area contributed by atoms with Crippen LogP contribution in [0.3, 0.4) is 0 Å². The first-order valence-corrected chi connectivity index (χ1v) is 7.10. The van der Waals surface area contributed by atoms with E-state index in [1.54, 1.807) is 13.0 Å². The zero-order valence-electron chi connectivity index (χ0n) is 12.6. The fraction of sp³-hybridized carbons (Fsp3) is 0.278. The van der Waals surface area contributed by atoms with Crippen molar-refractivity contribution in [2.75, 3.05) is 5.32 Å². The number of halogens is 1. The molecule has 1 unspecified atom stereocenters. The van der Waals surface area contributed by atoms with E-state index < -0.39 is 0 Å². The summed E-state index contributed by atoms with van der Waals surface area (Å²) in [5, 5.41) is 12.2. The number of anilines is 1. The van der Waals surface area contributed by atoms with Gasteiger partial charge >= 0.3 is 0 Å². The second-order valence-corrected chi connectivity index (χ2v) is 5.20. The van der Waals surface area contributed by atoms with E-state index in [1.165, 1.54) is 11.6 Å². The minimum atomic E-state index is -0.356. The highest BCUT2D eigenvalue weighted by Gasteiger charge is 2.11. The number of benzene rings is 2. The third-order valence-electron chi connectivity index (χ3n) is 3.73. The third-order valence-corrected chi connectivity index (χ3v) is 3.73. The van der Waals surface area contributed by atoms with Crippen LogP contribution in [0.2, 0.25) is 0 Å². The Morgan fingerprint density at radius 3 is 2.48 bits per heavy atom. The van der Waals surface area contributed by atoms with Gasteiger partial charge in [0.1, 0.15) is 5.82 Å². The maximum absolute atomic E-state index is 13.8. The summed E-state index contributed by atoms with van der Waals surface area (Å²) in [6, 6.07) is 13.3. The molecule has 2 aromatic rings. The smallest absolute Gasteiger partial charge is 0.129 e. The highest BCUT2D eigenvalue weighted by atomic mass is 19.1. The summed E-state index contributed by atoms with van der Waals surface area (Å²) in [5.74, 6) is -0.356. The van der Waals surface area contributed by atoms with Crippen molar-refractivity contribution >= 4 is 5.69 Å². The number of nitrogens with zero attached hydrogens (tertiary/aromatic N) is 1. The van der Waals surface area contributed by atoms with Crippen molar-refractivity contribution in [3.8, 4) is 6.07 Å². The Hall–Kier alpha value is -2.34. The molecule has 0 aromatic heterocycles. The molecule has 0 fully saturated rings. The quantitative estimate of drug-likeness (QED) is 0.879. The molecule has 21 heavy (non-hydrogen) atoms. The van der Waals surface area contributed by atoms with E-state index in [4.69, 9.17) is 5.26 Å². The first-order chi connectivity index (χ1) is 10.0. The van der Waals surface area contributed by atoms with Gasteiger partial charge in [-0.05, 0) is 43.5 Å². The lowest BCUT2D eigenvalue weighted by Crippen LogP contribution is -2.08. The minimum absolute atomic E-state index is 0.0444. The zero-order chi connectivity index (χ0) is 15.4. The summed E-state index contributed by atoms with van der Waals surface area (Å²) in [5.41, 5.74) is 3.95. The van der Waals surface area contributed by atoms with Gasteiger partial charge in [0.2, 0.25) is 0 Å². The average Bonchev–Trinajstić information content (AvgIpc) is 2.51. The van der Waals surface area contributed by atoms with Crippen LogP contribution < -0.4 is 5.32 Å². The van der Waals surface area contributed by atoms with E-state index in [1.807, 2.05) is 13.0 Å². The van der Waals surface area contributed by atoms with Crippen LogP contribution in [0.4, 0.5) is 10.1 Å². The summed E-state index contributed by atoms with van der Waals surface area (Å²) in [6.07, 6.45) is 1.01. The minimum Gasteiger partial charge on any atom is -0.378 e. The number of rotatable bonds is 4. The van der Waals surface area contributed by atoms with Crippen LogP contribution in [-0.4, -0.2) is 0 Å². The number of nitrogens with one attached hydrogen (secondary N) is 1. The molecule has 2 nitrogen and oxygen atoms in total. The standard InChI is InChI=1S/C18H19FN2/c1-4-14-5-7-16(8-6-14)13(3)21-18-10-15(11-20)9-17(19)12(18)2/h5-10,13,21H,4H2,1-3H3. The van der Waals surface area contributed by atoms with Crippen molar-refractivity contribution in [2.45, 2.75) is 33.2 Å². The van der Waals surface area contributed by atoms with Gasteiger partial charge in [-0.2, -0.15) is 5.26 Å². The highest BCUT2D eigenvalue weighted by molar-refractivity contribution is 5.57. The van der Waals surface area contributed by atoms with Gasteiger partial charge < -0.3 is 5.32 Å². The van der Waals surface area contributed by atoms with Crippen LogP contribution in [0.15, 0.2) is 36.4 Å². The second kappa shape index (κ2) is 6.41. The van der Waals surface area contributed by atoms with E-state index in [9.17, 15) is 4.39 Å². The van der Waals surface area contributed by atoms with E-state index in [-0.39, 0.29) is 11.9 Å². The summed E-state index contributed by atoms with van der Waals surface area (Å²) in [6.45, 7) is 5.86. The molecule has 0 saturated carbocycles. The maximum Gasteiger partial charge on any atom is 0.129 e. The Morgan fingerprint density at radius 1 is 1.24 bits per heavy atom.